The Morgan fingerprint density at radius 3 is 2.38 bits per heavy atom. The van der Waals surface area contributed by atoms with Gasteiger partial charge in [-0.2, -0.15) is 0 Å². The van der Waals surface area contributed by atoms with Crippen molar-refractivity contribution < 1.29 is 9.47 Å². The highest BCUT2D eigenvalue weighted by molar-refractivity contribution is 4.86. The molecule has 1 aliphatic carbocycles. The highest BCUT2D eigenvalue weighted by atomic mass is 16.5. The van der Waals surface area contributed by atoms with Crippen LogP contribution in [0.5, 0.6) is 0 Å². The van der Waals surface area contributed by atoms with Crippen molar-refractivity contribution in [2.24, 2.45) is 5.73 Å². The zero-order valence-electron chi connectivity index (χ0n) is 10.7. The highest BCUT2D eigenvalue weighted by Gasteiger charge is 2.27. The van der Waals surface area contributed by atoms with Gasteiger partial charge in [-0.15, -0.1) is 0 Å². The lowest BCUT2D eigenvalue weighted by molar-refractivity contribution is 0.0189. The third-order valence-corrected chi connectivity index (χ3v) is 3.25. The quantitative estimate of drug-likeness (QED) is 0.650. The molecule has 0 bridgehead atoms. The molecule has 16 heavy (non-hydrogen) atoms. The molecule has 3 heteroatoms. The summed E-state index contributed by atoms with van der Waals surface area (Å²) in [5.74, 6) is 0. The van der Waals surface area contributed by atoms with E-state index in [2.05, 4.69) is 6.92 Å². The van der Waals surface area contributed by atoms with Crippen LogP contribution >= 0.6 is 0 Å². The minimum absolute atomic E-state index is 0.0539. The molecule has 0 aromatic heterocycles. The van der Waals surface area contributed by atoms with E-state index in [0.29, 0.717) is 19.8 Å². The Morgan fingerprint density at radius 1 is 1.00 bits per heavy atom. The number of ether oxygens (including phenoxy) is 2. The van der Waals surface area contributed by atoms with Crippen LogP contribution in [-0.2, 0) is 9.47 Å². The van der Waals surface area contributed by atoms with Crippen LogP contribution in [0.3, 0.4) is 0 Å². The molecule has 0 radical (unpaired) electrons. The van der Waals surface area contributed by atoms with Crippen LogP contribution in [0.2, 0.25) is 0 Å². The van der Waals surface area contributed by atoms with E-state index in [1.807, 2.05) is 0 Å². The van der Waals surface area contributed by atoms with Gasteiger partial charge in [0, 0.05) is 12.1 Å². The van der Waals surface area contributed by atoms with Gasteiger partial charge >= 0.3 is 0 Å². The number of hydrogen-bond donors (Lipinski definition) is 1. The maximum Gasteiger partial charge on any atom is 0.0701 e. The van der Waals surface area contributed by atoms with Gasteiger partial charge in [0.05, 0.1) is 19.8 Å². The smallest absolute Gasteiger partial charge is 0.0701 e. The second-order valence-corrected chi connectivity index (χ2v) is 4.94. The molecule has 0 saturated heterocycles. The van der Waals surface area contributed by atoms with Crippen molar-refractivity contribution in [3.63, 3.8) is 0 Å². The third kappa shape index (κ3) is 5.83. The molecule has 2 N–H and O–H groups in total. The summed E-state index contributed by atoms with van der Waals surface area (Å²) in [6.07, 6.45) is 8.40. The van der Waals surface area contributed by atoms with Crippen molar-refractivity contribution >= 4 is 0 Å². The summed E-state index contributed by atoms with van der Waals surface area (Å²) in [4.78, 5) is 0. The molecule has 0 heterocycles. The zero-order valence-corrected chi connectivity index (χ0v) is 10.7. The standard InChI is InChI=1S/C13H27NO2/c1-2-3-9-15-10-11-16-12-13(14)7-5-4-6-8-13/h2-12,14H2,1H3. The SMILES string of the molecule is CCCCOCCOCC1(N)CCCCC1. The van der Waals surface area contributed by atoms with Crippen LogP contribution < -0.4 is 5.73 Å². The first-order chi connectivity index (χ1) is 7.77. The monoisotopic (exact) mass is 229 g/mol. The second kappa shape index (κ2) is 8.04. The lowest BCUT2D eigenvalue weighted by Gasteiger charge is -2.32. The van der Waals surface area contributed by atoms with Crippen LogP contribution in [0.1, 0.15) is 51.9 Å². The van der Waals surface area contributed by atoms with E-state index in [9.17, 15) is 0 Å². The fourth-order valence-electron chi connectivity index (χ4n) is 2.14. The van der Waals surface area contributed by atoms with Crippen LogP contribution in [0.4, 0.5) is 0 Å². The number of unbranched alkanes of at least 4 members (excludes halogenated alkanes) is 1. The molecule has 0 spiro atoms. The van der Waals surface area contributed by atoms with E-state index in [-0.39, 0.29) is 5.54 Å². The molecule has 0 aliphatic heterocycles. The molecule has 3 nitrogen and oxygen atoms in total. The van der Waals surface area contributed by atoms with Gasteiger partial charge in [-0.1, -0.05) is 32.6 Å². The number of rotatable bonds is 8. The molecule has 0 aromatic rings. The van der Waals surface area contributed by atoms with Gasteiger partial charge < -0.3 is 15.2 Å². The van der Waals surface area contributed by atoms with E-state index in [1.165, 1.54) is 25.7 Å². The summed E-state index contributed by atoms with van der Waals surface area (Å²) in [5.41, 5.74) is 6.20. The Labute approximate surface area is 99.7 Å². The fraction of sp³-hybridized carbons (Fsp3) is 1.00. The average Bonchev–Trinajstić information content (AvgIpc) is 2.29. The van der Waals surface area contributed by atoms with Gasteiger partial charge in [0.2, 0.25) is 0 Å². The Balaban J connectivity index is 1.93. The zero-order chi connectivity index (χ0) is 11.7. The minimum atomic E-state index is -0.0539. The van der Waals surface area contributed by atoms with Gasteiger partial charge in [-0.05, 0) is 19.3 Å². The van der Waals surface area contributed by atoms with E-state index in [4.69, 9.17) is 15.2 Å². The van der Waals surface area contributed by atoms with E-state index >= 15 is 0 Å². The van der Waals surface area contributed by atoms with Crippen LogP contribution in [0.25, 0.3) is 0 Å². The molecule has 1 saturated carbocycles. The molecule has 1 aliphatic rings. The minimum Gasteiger partial charge on any atom is -0.379 e. The van der Waals surface area contributed by atoms with Crippen LogP contribution in [0.15, 0.2) is 0 Å². The number of nitrogens with two attached hydrogens (primary N) is 1. The lowest BCUT2D eigenvalue weighted by Crippen LogP contribution is -2.46. The molecule has 96 valence electrons. The fourth-order valence-corrected chi connectivity index (χ4v) is 2.14. The predicted octanol–water partition coefficient (Wildman–Crippen LogP) is 2.48. The summed E-state index contributed by atoms with van der Waals surface area (Å²) in [7, 11) is 0. The summed E-state index contributed by atoms with van der Waals surface area (Å²) < 4.78 is 11.0. The van der Waals surface area contributed by atoms with Crippen LogP contribution in [-0.4, -0.2) is 32.0 Å². The topological polar surface area (TPSA) is 44.5 Å². The van der Waals surface area contributed by atoms with Crippen LogP contribution in [0, 0.1) is 0 Å². The van der Waals surface area contributed by atoms with E-state index < -0.39 is 0 Å². The first-order valence-electron chi connectivity index (χ1n) is 6.71. The molecule has 0 amide bonds. The van der Waals surface area contributed by atoms with Crippen molar-refractivity contribution in [1.82, 2.24) is 0 Å². The molecule has 0 atom stereocenters. The predicted molar refractivity (Wildman–Crippen MR) is 66.5 cm³/mol. The maximum absolute atomic E-state index is 6.26. The average molecular weight is 229 g/mol. The molecule has 1 rings (SSSR count). The molecular weight excluding hydrogens is 202 g/mol. The Kier molecular flexibility index (Phi) is 7.01. The first-order valence-corrected chi connectivity index (χ1v) is 6.71. The van der Waals surface area contributed by atoms with Crippen molar-refractivity contribution in [3.05, 3.63) is 0 Å². The molecule has 0 unspecified atom stereocenters. The van der Waals surface area contributed by atoms with Gasteiger partial charge in [-0.25, -0.2) is 0 Å². The van der Waals surface area contributed by atoms with Gasteiger partial charge in [0.25, 0.3) is 0 Å². The summed E-state index contributed by atoms with van der Waals surface area (Å²) in [5, 5.41) is 0. The van der Waals surface area contributed by atoms with Gasteiger partial charge in [0.1, 0.15) is 0 Å². The van der Waals surface area contributed by atoms with Crippen molar-refractivity contribution in [2.75, 3.05) is 26.4 Å². The Hall–Kier alpha value is -0.120. The van der Waals surface area contributed by atoms with Crippen molar-refractivity contribution in [1.29, 1.82) is 0 Å². The summed E-state index contributed by atoms with van der Waals surface area (Å²) in [6, 6.07) is 0. The Morgan fingerprint density at radius 2 is 1.69 bits per heavy atom. The largest absolute Gasteiger partial charge is 0.379 e. The van der Waals surface area contributed by atoms with E-state index in [1.54, 1.807) is 0 Å². The van der Waals surface area contributed by atoms with Crippen molar-refractivity contribution in [2.45, 2.75) is 57.4 Å². The second-order valence-electron chi connectivity index (χ2n) is 4.94. The summed E-state index contributed by atoms with van der Waals surface area (Å²) in [6.45, 7) is 5.11. The molecule has 1 fully saturated rings. The maximum atomic E-state index is 6.26. The molecule has 0 aromatic carbocycles. The highest BCUT2D eigenvalue weighted by Crippen LogP contribution is 2.25. The first kappa shape index (κ1) is 13.9. The summed E-state index contributed by atoms with van der Waals surface area (Å²) >= 11 is 0. The Bertz CT molecular complexity index is 167. The van der Waals surface area contributed by atoms with Crippen molar-refractivity contribution in [3.8, 4) is 0 Å². The third-order valence-electron chi connectivity index (χ3n) is 3.25. The van der Waals surface area contributed by atoms with E-state index in [0.717, 1.165) is 25.9 Å². The van der Waals surface area contributed by atoms with Gasteiger partial charge in [0.15, 0.2) is 0 Å². The normalized spacial score (nSPS) is 19.9. The number of hydrogen-bond acceptors (Lipinski definition) is 3. The van der Waals surface area contributed by atoms with Gasteiger partial charge in [-0.3, -0.25) is 0 Å². The molecular formula is C13H27NO2. The lowest BCUT2D eigenvalue weighted by atomic mass is 9.83.